The zero-order valence-electron chi connectivity index (χ0n) is 10.3. The third-order valence-electron chi connectivity index (χ3n) is 2.52. The van der Waals surface area contributed by atoms with Gasteiger partial charge in [-0.15, -0.1) is 0 Å². The molecule has 6 heteroatoms. The molecule has 0 amide bonds. The van der Waals surface area contributed by atoms with Gasteiger partial charge in [-0.05, 0) is 34.0 Å². The molecule has 0 aliphatic heterocycles. The summed E-state index contributed by atoms with van der Waals surface area (Å²) >= 11 is 9.37. The summed E-state index contributed by atoms with van der Waals surface area (Å²) < 4.78 is 13.9. The van der Waals surface area contributed by atoms with E-state index in [4.69, 9.17) is 11.6 Å². The third-order valence-corrected chi connectivity index (χ3v) is 3.81. The molecule has 1 heterocycles. The highest BCUT2D eigenvalue weighted by Gasteiger charge is 2.15. The Morgan fingerprint density at radius 2 is 1.95 bits per heavy atom. The van der Waals surface area contributed by atoms with Crippen LogP contribution >= 0.6 is 27.5 Å². The SMILES string of the molecule is CC(C)c1nc(-c2cc(O)cc(F)c2)nc(Cl)c1Br. The summed E-state index contributed by atoms with van der Waals surface area (Å²) in [6.07, 6.45) is 0. The molecule has 1 aromatic carbocycles. The fourth-order valence-corrected chi connectivity index (χ4v) is 2.46. The van der Waals surface area contributed by atoms with Crippen molar-refractivity contribution in [2.24, 2.45) is 0 Å². The van der Waals surface area contributed by atoms with Crippen LogP contribution in [0.15, 0.2) is 22.7 Å². The zero-order valence-corrected chi connectivity index (χ0v) is 12.6. The van der Waals surface area contributed by atoms with E-state index in [9.17, 15) is 9.50 Å². The lowest BCUT2D eigenvalue weighted by atomic mass is 10.1. The Morgan fingerprint density at radius 3 is 2.53 bits per heavy atom. The van der Waals surface area contributed by atoms with Crippen molar-refractivity contribution < 1.29 is 9.50 Å². The number of hydrogen-bond donors (Lipinski definition) is 1. The number of phenolic OH excluding ortho intramolecular Hbond substituents is 1. The van der Waals surface area contributed by atoms with Gasteiger partial charge in [0, 0.05) is 11.6 Å². The van der Waals surface area contributed by atoms with Crippen molar-refractivity contribution in [2.45, 2.75) is 19.8 Å². The van der Waals surface area contributed by atoms with Crippen LogP contribution in [0.5, 0.6) is 5.75 Å². The first-order valence-corrected chi connectivity index (χ1v) is 6.78. The van der Waals surface area contributed by atoms with E-state index in [0.29, 0.717) is 10.0 Å². The fourth-order valence-electron chi connectivity index (χ4n) is 1.65. The molecule has 3 nitrogen and oxygen atoms in total. The normalized spacial score (nSPS) is 11.1. The molecule has 0 saturated carbocycles. The summed E-state index contributed by atoms with van der Waals surface area (Å²) in [6.45, 7) is 3.94. The van der Waals surface area contributed by atoms with Crippen LogP contribution in [0.4, 0.5) is 4.39 Å². The topological polar surface area (TPSA) is 46.0 Å². The monoisotopic (exact) mass is 344 g/mol. The highest BCUT2D eigenvalue weighted by Crippen LogP contribution is 2.32. The van der Waals surface area contributed by atoms with Gasteiger partial charge in [0.15, 0.2) is 5.82 Å². The standard InChI is InChI=1S/C13H11BrClFN2O/c1-6(2)11-10(14)12(15)18-13(17-11)7-3-8(16)5-9(19)4-7/h3-6,19H,1-2H3. The highest BCUT2D eigenvalue weighted by molar-refractivity contribution is 9.10. The van der Waals surface area contributed by atoms with Gasteiger partial charge in [-0.1, -0.05) is 25.4 Å². The van der Waals surface area contributed by atoms with Crippen LogP contribution in [0.2, 0.25) is 5.15 Å². The molecular formula is C13H11BrClFN2O. The first-order chi connectivity index (χ1) is 8.88. The minimum absolute atomic E-state index is 0.135. The first-order valence-electron chi connectivity index (χ1n) is 5.61. The molecule has 0 unspecified atom stereocenters. The molecule has 0 spiro atoms. The number of halogens is 3. The van der Waals surface area contributed by atoms with E-state index in [1.807, 2.05) is 13.8 Å². The number of phenols is 1. The van der Waals surface area contributed by atoms with E-state index >= 15 is 0 Å². The molecule has 1 N–H and O–H groups in total. The second kappa shape index (κ2) is 5.43. The Kier molecular flexibility index (Phi) is 4.06. The van der Waals surface area contributed by atoms with E-state index in [1.54, 1.807) is 0 Å². The van der Waals surface area contributed by atoms with Gasteiger partial charge in [-0.2, -0.15) is 0 Å². The van der Waals surface area contributed by atoms with Crippen LogP contribution in [-0.2, 0) is 0 Å². The van der Waals surface area contributed by atoms with Gasteiger partial charge >= 0.3 is 0 Å². The molecule has 1 aromatic heterocycles. The molecular weight excluding hydrogens is 335 g/mol. The summed E-state index contributed by atoms with van der Waals surface area (Å²) in [6, 6.07) is 3.67. The Morgan fingerprint density at radius 1 is 1.26 bits per heavy atom. The molecule has 0 fully saturated rings. The lowest BCUT2D eigenvalue weighted by Crippen LogP contribution is -2.00. The minimum Gasteiger partial charge on any atom is -0.508 e. The second-order valence-corrected chi connectivity index (χ2v) is 5.54. The molecule has 100 valence electrons. The Bertz CT molecular complexity index is 614. The summed E-state index contributed by atoms with van der Waals surface area (Å²) in [4.78, 5) is 8.46. The molecule has 0 atom stereocenters. The van der Waals surface area contributed by atoms with Crippen molar-refractivity contribution in [2.75, 3.05) is 0 Å². The number of rotatable bonds is 2. The lowest BCUT2D eigenvalue weighted by molar-refractivity contribution is 0.469. The number of aromatic nitrogens is 2. The van der Waals surface area contributed by atoms with Crippen LogP contribution in [0.1, 0.15) is 25.5 Å². The van der Waals surface area contributed by atoms with Gasteiger partial charge in [-0.3, -0.25) is 0 Å². The third kappa shape index (κ3) is 3.04. The van der Waals surface area contributed by atoms with Crippen molar-refractivity contribution >= 4 is 27.5 Å². The van der Waals surface area contributed by atoms with Crippen molar-refractivity contribution in [3.05, 3.63) is 39.3 Å². The van der Waals surface area contributed by atoms with E-state index in [2.05, 4.69) is 25.9 Å². The molecule has 2 aromatic rings. The summed E-state index contributed by atoms with van der Waals surface area (Å²) in [5, 5.41) is 9.68. The number of nitrogens with zero attached hydrogens (tertiary/aromatic N) is 2. The van der Waals surface area contributed by atoms with Crippen LogP contribution < -0.4 is 0 Å². The van der Waals surface area contributed by atoms with Crippen molar-refractivity contribution in [3.63, 3.8) is 0 Å². The van der Waals surface area contributed by atoms with Crippen molar-refractivity contribution in [1.82, 2.24) is 9.97 Å². The Labute approximate surface area is 123 Å². The molecule has 0 aliphatic carbocycles. The van der Waals surface area contributed by atoms with Crippen molar-refractivity contribution in [1.29, 1.82) is 0 Å². The maximum absolute atomic E-state index is 13.3. The summed E-state index contributed by atoms with van der Waals surface area (Å²) in [7, 11) is 0. The summed E-state index contributed by atoms with van der Waals surface area (Å²) in [5.74, 6) is -0.310. The number of hydrogen-bond acceptors (Lipinski definition) is 3. The first kappa shape index (κ1) is 14.2. The number of aromatic hydroxyl groups is 1. The Balaban J connectivity index is 2.62. The van der Waals surface area contributed by atoms with Crippen molar-refractivity contribution in [3.8, 4) is 17.1 Å². The second-order valence-electron chi connectivity index (χ2n) is 4.39. The van der Waals surface area contributed by atoms with Crippen LogP contribution in [0, 0.1) is 5.82 Å². The van der Waals surface area contributed by atoms with Gasteiger partial charge < -0.3 is 5.11 Å². The predicted octanol–water partition coefficient (Wildman–Crippen LogP) is 4.53. The van der Waals surface area contributed by atoms with Gasteiger partial charge in [0.25, 0.3) is 0 Å². The maximum Gasteiger partial charge on any atom is 0.161 e. The average molecular weight is 346 g/mol. The van der Waals surface area contributed by atoms with E-state index in [-0.39, 0.29) is 22.6 Å². The van der Waals surface area contributed by atoms with Crippen LogP contribution in [-0.4, -0.2) is 15.1 Å². The Hall–Kier alpha value is -1.20. The van der Waals surface area contributed by atoms with Gasteiger partial charge in [-0.25, -0.2) is 14.4 Å². The van der Waals surface area contributed by atoms with Crippen LogP contribution in [0.25, 0.3) is 11.4 Å². The molecule has 19 heavy (non-hydrogen) atoms. The summed E-state index contributed by atoms with van der Waals surface area (Å²) in [5.41, 5.74) is 1.12. The zero-order chi connectivity index (χ0) is 14.2. The van der Waals surface area contributed by atoms with Gasteiger partial charge in [0.2, 0.25) is 0 Å². The average Bonchev–Trinajstić information content (AvgIpc) is 2.30. The molecule has 2 rings (SSSR count). The molecule has 0 saturated heterocycles. The van der Waals surface area contributed by atoms with Gasteiger partial charge in [0.05, 0.1) is 10.2 Å². The van der Waals surface area contributed by atoms with E-state index in [0.717, 1.165) is 11.8 Å². The quantitative estimate of drug-likeness (QED) is 0.814. The molecule has 0 aliphatic rings. The van der Waals surface area contributed by atoms with E-state index in [1.165, 1.54) is 12.1 Å². The van der Waals surface area contributed by atoms with Gasteiger partial charge in [0.1, 0.15) is 16.7 Å². The van der Waals surface area contributed by atoms with E-state index < -0.39 is 5.82 Å². The molecule has 0 bridgehead atoms. The lowest BCUT2D eigenvalue weighted by Gasteiger charge is -2.11. The maximum atomic E-state index is 13.3. The van der Waals surface area contributed by atoms with Crippen LogP contribution in [0.3, 0.4) is 0 Å². The minimum atomic E-state index is -0.552. The fraction of sp³-hybridized carbons (Fsp3) is 0.231. The molecule has 0 radical (unpaired) electrons. The largest absolute Gasteiger partial charge is 0.508 e. The highest BCUT2D eigenvalue weighted by atomic mass is 79.9. The number of benzene rings is 1. The predicted molar refractivity (Wildman–Crippen MR) is 75.9 cm³/mol. The smallest absolute Gasteiger partial charge is 0.161 e.